The maximum absolute atomic E-state index is 12.0. The second-order valence-corrected chi connectivity index (χ2v) is 13.3. The molecule has 0 aromatic carbocycles. The van der Waals surface area contributed by atoms with Crippen molar-refractivity contribution in [3.8, 4) is 0 Å². The van der Waals surface area contributed by atoms with Gasteiger partial charge < -0.3 is 9.80 Å². The molecule has 0 radical (unpaired) electrons. The third-order valence-corrected chi connectivity index (χ3v) is 9.73. The van der Waals surface area contributed by atoms with Crippen molar-refractivity contribution in [2.45, 2.75) is 110 Å². The summed E-state index contributed by atoms with van der Waals surface area (Å²) >= 11 is 0. The Labute approximate surface area is 189 Å². The highest BCUT2D eigenvalue weighted by Gasteiger charge is 2.51. The summed E-state index contributed by atoms with van der Waals surface area (Å²) < 4.78 is 0. The van der Waals surface area contributed by atoms with Crippen LogP contribution in [0.3, 0.4) is 0 Å². The molecular formula is C27H44N2O2. The SMILES string of the molecule is CC1(C)C[C@H]2CCC(=O)N3CC[C@@H](C1)[C@@H]23.CC1(C)C[C@H]2CCCC(=O)N3CC[C@@H](C1)[C@@H]23. The predicted octanol–water partition coefficient (Wildman–Crippen LogP) is 5.26. The first-order valence-electron chi connectivity index (χ1n) is 13.2. The Balaban J connectivity index is 0.000000132. The number of carbonyl (C=O) groups excluding carboxylic acids is 2. The van der Waals surface area contributed by atoms with Crippen LogP contribution >= 0.6 is 0 Å². The number of hydrogen-bond donors (Lipinski definition) is 0. The molecule has 2 aliphatic carbocycles. The van der Waals surface area contributed by atoms with E-state index in [1.54, 1.807) is 0 Å². The van der Waals surface area contributed by atoms with Crippen LogP contribution in [0.1, 0.15) is 98.3 Å². The van der Waals surface area contributed by atoms with Crippen molar-refractivity contribution in [2.24, 2.45) is 34.5 Å². The van der Waals surface area contributed by atoms with E-state index in [-0.39, 0.29) is 0 Å². The molecule has 0 bridgehead atoms. The topological polar surface area (TPSA) is 40.6 Å². The van der Waals surface area contributed by atoms with Crippen LogP contribution in [-0.2, 0) is 9.59 Å². The van der Waals surface area contributed by atoms with E-state index in [0.717, 1.165) is 62.4 Å². The zero-order valence-corrected chi connectivity index (χ0v) is 20.4. The Kier molecular flexibility index (Phi) is 5.45. The summed E-state index contributed by atoms with van der Waals surface area (Å²) in [5, 5.41) is 0. The molecule has 6 atom stereocenters. The van der Waals surface area contributed by atoms with Gasteiger partial charge in [0.05, 0.1) is 0 Å². The Morgan fingerprint density at radius 1 is 0.613 bits per heavy atom. The lowest BCUT2D eigenvalue weighted by molar-refractivity contribution is -0.139. The summed E-state index contributed by atoms with van der Waals surface area (Å²) in [5.41, 5.74) is 1.03. The Bertz CT molecular complexity index is 729. The summed E-state index contributed by atoms with van der Waals surface area (Å²) in [4.78, 5) is 28.2. The number of carbonyl (C=O) groups is 2. The van der Waals surface area contributed by atoms with E-state index in [4.69, 9.17) is 0 Å². The van der Waals surface area contributed by atoms with E-state index in [0.29, 0.717) is 34.7 Å². The lowest BCUT2D eigenvalue weighted by Gasteiger charge is -2.48. The van der Waals surface area contributed by atoms with E-state index in [1.807, 2.05) is 0 Å². The summed E-state index contributed by atoms with van der Waals surface area (Å²) in [6, 6.07) is 1.24. The van der Waals surface area contributed by atoms with Crippen LogP contribution in [0.25, 0.3) is 0 Å². The summed E-state index contributed by atoms with van der Waals surface area (Å²) in [6.45, 7) is 11.7. The molecule has 4 nitrogen and oxygen atoms in total. The van der Waals surface area contributed by atoms with Crippen molar-refractivity contribution >= 4 is 11.8 Å². The zero-order valence-electron chi connectivity index (χ0n) is 20.4. The van der Waals surface area contributed by atoms with Gasteiger partial charge in [0.25, 0.3) is 0 Å². The van der Waals surface area contributed by atoms with Gasteiger partial charge in [-0.15, -0.1) is 0 Å². The molecular weight excluding hydrogens is 384 g/mol. The van der Waals surface area contributed by atoms with Gasteiger partial charge >= 0.3 is 0 Å². The van der Waals surface area contributed by atoms with E-state index in [2.05, 4.69) is 37.5 Å². The van der Waals surface area contributed by atoms with Gasteiger partial charge in [0, 0.05) is 38.0 Å². The maximum atomic E-state index is 12.0. The van der Waals surface area contributed by atoms with Gasteiger partial charge in [0.1, 0.15) is 0 Å². The molecule has 0 unspecified atom stereocenters. The number of amides is 2. The first-order chi connectivity index (χ1) is 14.6. The van der Waals surface area contributed by atoms with Crippen LogP contribution in [0.2, 0.25) is 0 Å². The number of hydrogen-bond acceptors (Lipinski definition) is 2. The molecule has 4 saturated heterocycles. The average Bonchev–Trinajstić information content (AvgIpc) is 3.24. The van der Waals surface area contributed by atoms with Crippen molar-refractivity contribution in [1.29, 1.82) is 0 Å². The minimum absolute atomic E-state index is 0.429. The Morgan fingerprint density at radius 2 is 1.03 bits per heavy atom. The van der Waals surface area contributed by atoms with Gasteiger partial charge in [-0.05, 0) is 92.3 Å². The Hall–Kier alpha value is -1.06. The molecule has 6 aliphatic rings. The van der Waals surface area contributed by atoms with Crippen molar-refractivity contribution in [3.05, 3.63) is 0 Å². The maximum Gasteiger partial charge on any atom is 0.222 e. The quantitative estimate of drug-likeness (QED) is 0.528. The molecule has 2 saturated carbocycles. The zero-order chi connectivity index (χ0) is 22.0. The lowest BCUT2D eigenvalue weighted by atomic mass is 9.63. The normalized spacial score (nSPS) is 42.3. The van der Waals surface area contributed by atoms with Gasteiger partial charge in [0.2, 0.25) is 11.8 Å². The van der Waals surface area contributed by atoms with Gasteiger partial charge in [-0.3, -0.25) is 9.59 Å². The van der Waals surface area contributed by atoms with Crippen molar-refractivity contribution in [2.75, 3.05) is 13.1 Å². The number of rotatable bonds is 0. The average molecular weight is 429 g/mol. The summed E-state index contributed by atoms with van der Waals surface area (Å²) in [5.74, 6) is 4.08. The van der Waals surface area contributed by atoms with Crippen molar-refractivity contribution < 1.29 is 9.59 Å². The second kappa shape index (κ2) is 7.76. The van der Waals surface area contributed by atoms with Crippen molar-refractivity contribution in [3.63, 3.8) is 0 Å². The van der Waals surface area contributed by atoms with Crippen LogP contribution in [0.15, 0.2) is 0 Å². The largest absolute Gasteiger partial charge is 0.339 e. The molecule has 4 aliphatic heterocycles. The second-order valence-electron chi connectivity index (χ2n) is 13.3. The highest BCUT2D eigenvalue weighted by Crippen LogP contribution is 2.52. The highest BCUT2D eigenvalue weighted by atomic mass is 16.2. The fourth-order valence-corrected chi connectivity index (χ4v) is 8.97. The third-order valence-electron chi connectivity index (χ3n) is 9.73. The molecule has 6 fully saturated rings. The molecule has 2 amide bonds. The molecule has 0 aromatic rings. The predicted molar refractivity (Wildman–Crippen MR) is 123 cm³/mol. The van der Waals surface area contributed by atoms with Crippen LogP contribution in [0.4, 0.5) is 0 Å². The molecule has 174 valence electrons. The molecule has 4 heterocycles. The number of nitrogens with zero attached hydrogens (tertiary/aromatic N) is 2. The van der Waals surface area contributed by atoms with Crippen LogP contribution < -0.4 is 0 Å². The molecule has 6 rings (SSSR count). The van der Waals surface area contributed by atoms with Crippen LogP contribution in [-0.4, -0.2) is 46.8 Å². The molecule has 4 heteroatoms. The van der Waals surface area contributed by atoms with Gasteiger partial charge in [0.15, 0.2) is 0 Å². The van der Waals surface area contributed by atoms with E-state index in [1.165, 1.54) is 44.9 Å². The summed E-state index contributed by atoms with van der Waals surface area (Å²) in [7, 11) is 0. The minimum atomic E-state index is 0.429. The van der Waals surface area contributed by atoms with Gasteiger partial charge in [-0.1, -0.05) is 27.7 Å². The van der Waals surface area contributed by atoms with Crippen LogP contribution in [0, 0.1) is 34.5 Å². The minimum Gasteiger partial charge on any atom is -0.339 e. The lowest BCUT2D eigenvalue weighted by Crippen LogP contribution is -2.51. The highest BCUT2D eigenvalue weighted by molar-refractivity contribution is 5.78. The smallest absolute Gasteiger partial charge is 0.222 e. The first kappa shape index (κ1) is 21.8. The molecule has 0 aromatic heterocycles. The molecule has 31 heavy (non-hydrogen) atoms. The molecule has 0 N–H and O–H groups in total. The van der Waals surface area contributed by atoms with Crippen molar-refractivity contribution in [1.82, 2.24) is 9.80 Å². The fourth-order valence-electron chi connectivity index (χ4n) is 8.97. The fraction of sp³-hybridized carbons (Fsp3) is 0.926. The van der Waals surface area contributed by atoms with E-state index >= 15 is 0 Å². The third kappa shape index (κ3) is 4.06. The number of piperidine rings is 1. The van der Waals surface area contributed by atoms with Gasteiger partial charge in [-0.25, -0.2) is 0 Å². The van der Waals surface area contributed by atoms with E-state index < -0.39 is 0 Å². The first-order valence-corrected chi connectivity index (χ1v) is 13.2. The van der Waals surface area contributed by atoms with E-state index in [9.17, 15) is 9.59 Å². The Morgan fingerprint density at radius 3 is 1.55 bits per heavy atom. The molecule has 0 spiro atoms. The standard InChI is InChI=1S/C14H23NO.C13H21NO/c1-14(2)8-10-4-3-5-12(16)15-7-6-11(9-14)13(10)15;1-13(2)7-9-3-4-11(15)14-6-5-10(8-13)12(9)14/h10-11,13H,3-9H2,1-2H3;9-10,12H,3-8H2,1-2H3/t10-,11+,13-;9-,10+,12-/m11/s1. The summed E-state index contributed by atoms with van der Waals surface area (Å²) in [6.07, 6.45) is 13.0. The van der Waals surface area contributed by atoms with Crippen LogP contribution in [0.5, 0.6) is 0 Å². The van der Waals surface area contributed by atoms with Gasteiger partial charge in [-0.2, -0.15) is 0 Å². The monoisotopic (exact) mass is 428 g/mol.